The van der Waals surface area contributed by atoms with Gasteiger partial charge >= 0.3 is 5.97 Å². The van der Waals surface area contributed by atoms with Crippen LogP contribution in [0.5, 0.6) is 0 Å². The maximum Gasteiger partial charge on any atom is 0.305 e. The van der Waals surface area contributed by atoms with E-state index in [9.17, 15) is 14.4 Å². The Morgan fingerprint density at radius 2 is 1.75 bits per heavy atom. The second kappa shape index (κ2) is 15.6. The van der Waals surface area contributed by atoms with Gasteiger partial charge in [0.05, 0.1) is 13.0 Å². The minimum atomic E-state index is -0.967. The van der Waals surface area contributed by atoms with E-state index in [-0.39, 0.29) is 24.8 Å². The number of hydrogen-bond donors (Lipinski definition) is 2. The summed E-state index contributed by atoms with van der Waals surface area (Å²) >= 11 is 0. The number of benzene rings is 1. The van der Waals surface area contributed by atoms with Gasteiger partial charge in [-0.1, -0.05) is 42.8 Å². The molecule has 1 heterocycles. The Bertz CT molecular complexity index is 812. The molecule has 0 aliphatic rings. The number of carboxylic acids is 1. The Balaban J connectivity index is 0.000000616. The van der Waals surface area contributed by atoms with Crippen molar-refractivity contribution in [2.45, 2.75) is 58.9 Å². The van der Waals surface area contributed by atoms with Crippen molar-refractivity contribution in [2.24, 2.45) is 0 Å². The van der Waals surface area contributed by atoms with Crippen LogP contribution in [0, 0.1) is 6.92 Å². The van der Waals surface area contributed by atoms with Crippen molar-refractivity contribution in [1.29, 1.82) is 0 Å². The lowest BCUT2D eigenvalue weighted by Crippen LogP contribution is -2.44. The number of aromatic nitrogens is 1. The minimum absolute atomic E-state index is 0.0358. The number of aliphatic carboxylic acids is 1. The van der Waals surface area contributed by atoms with Crippen LogP contribution in [0.3, 0.4) is 0 Å². The molecule has 2 N–H and O–H groups in total. The molecule has 1 unspecified atom stereocenters. The van der Waals surface area contributed by atoms with Crippen molar-refractivity contribution in [1.82, 2.24) is 15.2 Å². The third kappa shape index (κ3) is 12.5. The van der Waals surface area contributed by atoms with E-state index in [1.165, 1.54) is 10.5 Å². The summed E-state index contributed by atoms with van der Waals surface area (Å²) in [4.78, 5) is 40.5. The van der Waals surface area contributed by atoms with Crippen LogP contribution in [0.1, 0.15) is 50.7 Å². The maximum absolute atomic E-state index is 12.4. The van der Waals surface area contributed by atoms with Gasteiger partial charge in [0.2, 0.25) is 11.8 Å². The van der Waals surface area contributed by atoms with Crippen LogP contribution in [0.15, 0.2) is 54.9 Å². The largest absolute Gasteiger partial charge is 0.481 e. The number of aryl methyl sites for hydroxylation is 2. The highest BCUT2D eigenvalue weighted by Crippen LogP contribution is 2.06. The van der Waals surface area contributed by atoms with E-state index < -0.39 is 12.0 Å². The van der Waals surface area contributed by atoms with Crippen LogP contribution in [-0.4, -0.2) is 51.9 Å². The van der Waals surface area contributed by atoms with Crippen molar-refractivity contribution in [3.05, 3.63) is 66.0 Å². The highest BCUT2D eigenvalue weighted by atomic mass is 16.4. The molecule has 174 valence electrons. The quantitative estimate of drug-likeness (QED) is 0.555. The topological polar surface area (TPSA) is 99.6 Å². The van der Waals surface area contributed by atoms with Gasteiger partial charge in [0.25, 0.3) is 0 Å². The molecule has 1 aromatic heterocycles. The van der Waals surface area contributed by atoms with Gasteiger partial charge < -0.3 is 15.3 Å². The number of carboxylic acid groups (broad SMARTS) is 1. The number of nitrogens with zero attached hydrogens (tertiary/aromatic N) is 2. The summed E-state index contributed by atoms with van der Waals surface area (Å²) in [7, 11) is 0. The van der Waals surface area contributed by atoms with Crippen LogP contribution in [0.4, 0.5) is 0 Å². The first-order valence-corrected chi connectivity index (χ1v) is 11.0. The van der Waals surface area contributed by atoms with E-state index in [1.807, 2.05) is 37.3 Å². The highest BCUT2D eigenvalue weighted by Gasteiger charge is 2.18. The fourth-order valence-electron chi connectivity index (χ4n) is 3.05. The number of carbonyl (C=O) groups excluding carboxylic acids is 2. The monoisotopic (exact) mass is 441 g/mol. The SMILES string of the molecule is CCCN(CC(=O)NC(C)CC(=O)O)C(=O)CCCc1ccncc1.Cc1ccccc1. The lowest BCUT2D eigenvalue weighted by Gasteiger charge is -2.22. The molecular weight excluding hydrogens is 406 g/mol. The highest BCUT2D eigenvalue weighted by molar-refractivity contribution is 5.85. The van der Waals surface area contributed by atoms with Gasteiger partial charge in [-0.25, -0.2) is 0 Å². The van der Waals surface area contributed by atoms with Gasteiger partial charge in [-0.3, -0.25) is 19.4 Å². The summed E-state index contributed by atoms with van der Waals surface area (Å²) in [5.41, 5.74) is 2.45. The number of carbonyl (C=O) groups is 3. The van der Waals surface area contributed by atoms with Gasteiger partial charge in [0.15, 0.2) is 0 Å². The third-order valence-electron chi connectivity index (χ3n) is 4.61. The molecule has 1 aromatic carbocycles. The molecule has 0 aliphatic carbocycles. The molecule has 0 radical (unpaired) electrons. The van der Waals surface area contributed by atoms with Crippen LogP contribution in [0.2, 0.25) is 0 Å². The predicted molar refractivity (Wildman–Crippen MR) is 125 cm³/mol. The minimum Gasteiger partial charge on any atom is -0.481 e. The standard InChI is InChI=1S/C18H27N3O4.C7H8/c1-3-11-21(13-16(22)20-14(2)12-18(24)25)17(23)6-4-5-15-7-9-19-10-8-15;1-7-5-3-2-4-6-7/h7-10,14H,3-6,11-13H2,1-2H3,(H,20,22)(H,24,25);2-6H,1H3. The van der Waals surface area contributed by atoms with E-state index >= 15 is 0 Å². The van der Waals surface area contributed by atoms with E-state index in [0.29, 0.717) is 19.4 Å². The molecule has 0 spiro atoms. The smallest absolute Gasteiger partial charge is 0.305 e. The molecule has 2 rings (SSSR count). The second-order valence-corrected chi connectivity index (χ2v) is 7.75. The van der Waals surface area contributed by atoms with E-state index in [2.05, 4.69) is 29.4 Å². The maximum atomic E-state index is 12.4. The van der Waals surface area contributed by atoms with E-state index in [1.54, 1.807) is 19.3 Å². The molecule has 0 aliphatic heterocycles. The van der Waals surface area contributed by atoms with Gasteiger partial charge in [-0.05, 0) is 50.8 Å². The zero-order chi connectivity index (χ0) is 23.8. The molecule has 2 amide bonds. The van der Waals surface area contributed by atoms with Crippen LogP contribution >= 0.6 is 0 Å². The lowest BCUT2D eigenvalue weighted by atomic mass is 10.1. The fraction of sp³-hybridized carbons (Fsp3) is 0.440. The normalized spacial score (nSPS) is 11.0. The van der Waals surface area contributed by atoms with Gasteiger partial charge in [0, 0.05) is 31.4 Å². The first-order valence-electron chi connectivity index (χ1n) is 11.0. The van der Waals surface area contributed by atoms with Gasteiger partial charge in [-0.15, -0.1) is 0 Å². The van der Waals surface area contributed by atoms with Crippen molar-refractivity contribution >= 4 is 17.8 Å². The first-order chi connectivity index (χ1) is 15.3. The number of nitrogens with one attached hydrogen (secondary N) is 1. The molecule has 7 nitrogen and oxygen atoms in total. The molecule has 0 fully saturated rings. The lowest BCUT2D eigenvalue weighted by molar-refractivity contribution is -0.139. The van der Waals surface area contributed by atoms with E-state index in [4.69, 9.17) is 5.11 Å². The summed E-state index contributed by atoms with van der Waals surface area (Å²) in [6, 6.07) is 13.6. The molecule has 0 saturated heterocycles. The van der Waals surface area contributed by atoms with Crippen LogP contribution in [0.25, 0.3) is 0 Å². The van der Waals surface area contributed by atoms with Crippen molar-refractivity contribution < 1.29 is 19.5 Å². The van der Waals surface area contributed by atoms with Crippen molar-refractivity contribution in [3.8, 4) is 0 Å². The zero-order valence-corrected chi connectivity index (χ0v) is 19.3. The Labute approximate surface area is 190 Å². The van der Waals surface area contributed by atoms with Crippen LogP contribution in [-0.2, 0) is 20.8 Å². The molecule has 0 bridgehead atoms. The summed E-state index contributed by atoms with van der Waals surface area (Å²) in [5.74, 6) is -1.35. The van der Waals surface area contributed by atoms with Crippen molar-refractivity contribution in [2.75, 3.05) is 13.1 Å². The number of amides is 2. The molecular formula is C25H35N3O4. The zero-order valence-electron chi connectivity index (χ0n) is 19.3. The Morgan fingerprint density at radius 1 is 1.09 bits per heavy atom. The first kappa shape index (κ1) is 26.8. The fourth-order valence-corrected chi connectivity index (χ4v) is 3.05. The summed E-state index contributed by atoms with van der Waals surface area (Å²) in [6.07, 6.45) is 5.94. The van der Waals surface area contributed by atoms with Crippen molar-refractivity contribution in [3.63, 3.8) is 0 Å². The molecule has 1 atom stereocenters. The average molecular weight is 442 g/mol. The van der Waals surface area contributed by atoms with Gasteiger partial charge in [0.1, 0.15) is 0 Å². The summed E-state index contributed by atoms with van der Waals surface area (Å²) in [5, 5.41) is 11.3. The van der Waals surface area contributed by atoms with Crippen LogP contribution < -0.4 is 5.32 Å². The average Bonchev–Trinajstić information content (AvgIpc) is 2.74. The Morgan fingerprint density at radius 3 is 2.28 bits per heavy atom. The summed E-state index contributed by atoms with van der Waals surface area (Å²) in [6.45, 7) is 6.13. The second-order valence-electron chi connectivity index (χ2n) is 7.75. The number of hydrogen-bond acceptors (Lipinski definition) is 4. The summed E-state index contributed by atoms with van der Waals surface area (Å²) < 4.78 is 0. The Kier molecular flexibility index (Phi) is 13.0. The molecule has 2 aromatic rings. The molecule has 32 heavy (non-hydrogen) atoms. The van der Waals surface area contributed by atoms with E-state index in [0.717, 1.165) is 18.4 Å². The molecule has 0 saturated carbocycles. The number of rotatable bonds is 11. The third-order valence-corrected chi connectivity index (χ3v) is 4.61. The number of pyridine rings is 1. The predicted octanol–water partition coefficient (Wildman–Crippen LogP) is 3.62. The molecule has 7 heteroatoms. The van der Waals surface area contributed by atoms with Gasteiger partial charge in [-0.2, -0.15) is 0 Å². The Hall–Kier alpha value is -3.22.